The van der Waals surface area contributed by atoms with Gasteiger partial charge in [0.1, 0.15) is 0 Å². The third-order valence-corrected chi connectivity index (χ3v) is 4.35. The van der Waals surface area contributed by atoms with Gasteiger partial charge in [-0.25, -0.2) is 0 Å². The molecule has 0 radical (unpaired) electrons. The molecule has 0 bridgehead atoms. The van der Waals surface area contributed by atoms with Crippen LogP contribution in [-0.4, -0.2) is 28.1 Å². The number of aryl methyl sites for hydroxylation is 1. The summed E-state index contributed by atoms with van der Waals surface area (Å²) in [6.45, 7) is 3.58. The third kappa shape index (κ3) is 4.00. The lowest BCUT2D eigenvalue weighted by Crippen LogP contribution is -2.24. The predicted molar refractivity (Wildman–Crippen MR) is 103 cm³/mol. The molecule has 0 N–H and O–H groups in total. The minimum atomic E-state index is -0.475. The summed E-state index contributed by atoms with van der Waals surface area (Å²) in [5.41, 5.74) is 3.41. The molecule has 0 aromatic heterocycles. The molecular weight excluding hydrogens is 344 g/mol. The number of hydrogen-bond donors (Lipinski definition) is 0. The van der Waals surface area contributed by atoms with Crippen LogP contribution in [0.25, 0.3) is 12.2 Å². The molecular formula is C21H18N2O4. The zero-order chi connectivity index (χ0) is 19.6. The molecule has 136 valence electrons. The van der Waals surface area contributed by atoms with Gasteiger partial charge in [0.25, 0.3) is 5.69 Å². The monoisotopic (exact) mass is 362 g/mol. The van der Waals surface area contributed by atoms with E-state index >= 15 is 0 Å². The van der Waals surface area contributed by atoms with Gasteiger partial charge in [0, 0.05) is 24.6 Å². The van der Waals surface area contributed by atoms with E-state index in [-0.39, 0.29) is 23.9 Å². The Hall–Kier alpha value is -3.54. The molecule has 6 nitrogen and oxygen atoms in total. The van der Waals surface area contributed by atoms with Gasteiger partial charge in [0.2, 0.25) is 11.7 Å². The molecule has 1 amide bonds. The number of nitro benzene ring substituents is 1. The molecule has 0 spiro atoms. The number of carbonyl (C=O) groups excluding carboxylic acids is 2. The Labute approximate surface area is 156 Å². The van der Waals surface area contributed by atoms with Crippen LogP contribution in [0.4, 0.5) is 5.69 Å². The van der Waals surface area contributed by atoms with Gasteiger partial charge >= 0.3 is 0 Å². The summed E-state index contributed by atoms with van der Waals surface area (Å²) < 4.78 is 0. The molecule has 1 heterocycles. The highest BCUT2D eigenvalue weighted by Crippen LogP contribution is 2.27. The summed E-state index contributed by atoms with van der Waals surface area (Å²) in [6, 6.07) is 13.6. The average molecular weight is 362 g/mol. The topological polar surface area (TPSA) is 80.5 Å². The van der Waals surface area contributed by atoms with Crippen LogP contribution in [0.1, 0.15) is 23.6 Å². The minimum Gasteiger partial charge on any atom is -0.304 e. The quantitative estimate of drug-likeness (QED) is 0.473. The fourth-order valence-corrected chi connectivity index (χ4v) is 2.86. The summed E-state index contributed by atoms with van der Waals surface area (Å²) in [5.74, 6) is -0.432. The van der Waals surface area contributed by atoms with Crippen LogP contribution in [0.15, 0.2) is 59.8 Å². The van der Waals surface area contributed by atoms with E-state index in [2.05, 4.69) is 0 Å². The largest absolute Gasteiger partial charge is 0.304 e. The molecule has 1 aliphatic heterocycles. The van der Waals surface area contributed by atoms with Crippen molar-refractivity contribution in [2.45, 2.75) is 13.8 Å². The Morgan fingerprint density at radius 3 is 2.15 bits per heavy atom. The molecule has 0 unspecified atom stereocenters. The maximum Gasteiger partial charge on any atom is 0.269 e. The van der Waals surface area contributed by atoms with Crippen molar-refractivity contribution < 1.29 is 14.5 Å². The number of amides is 1. The predicted octanol–water partition coefficient (Wildman–Crippen LogP) is 3.76. The molecule has 2 aromatic rings. The van der Waals surface area contributed by atoms with E-state index in [9.17, 15) is 19.7 Å². The lowest BCUT2D eigenvalue weighted by molar-refractivity contribution is -0.384. The number of hydrogen-bond acceptors (Lipinski definition) is 4. The van der Waals surface area contributed by atoms with Gasteiger partial charge < -0.3 is 4.90 Å². The van der Waals surface area contributed by atoms with Crippen molar-refractivity contribution in [3.8, 4) is 0 Å². The number of rotatable bonds is 3. The van der Waals surface area contributed by atoms with Crippen molar-refractivity contribution in [1.29, 1.82) is 0 Å². The Morgan fingerprint density at radius 1 is 1.04 bits per heavy atom. The van der Waals surface area contributed by atoms with E-state index in [1.54, 1.807) is 24.3 Å². The van der Waals surface area contributed by atoms with Gasteiger partial charge in [-0.1, -0.05) is 29.8 Å². The van der Waals surface area contributed by atoms with Crippen LogP contribution in [0.3, 0.4) is 0 Å². The minimum absolute atomic E-state index is 0.0137. The van der Waals surface area contributed by atoms with E-state index in [1.807, 2.05) is 31.2 Å². The van der Waals surface area contributed by atoms with Crippen molar-refractivity contribution in [2.75, 3.05) is 6.54 Å². The van der Waals surface area contributed by atoms with E-state index < -0.39 is 4.92 Å². The first-order chi connectivity index (χ1) is 12.8. The highest BCUT2D eigenvalue weighted by molar-refractivity contribution is 6.17. The van der Waals surface area contributed by atoms with Crippen LogP contribution in [0, 0.1) is 17.0 Å². The second kappa shape index (κ2) is 7.37. The molecule has 0 saturated carbocycles. The van der Waals surface area contributed by atoms with Gasteiger partial charge in [0.15, 0.2) is 0 Å². The first kappa shape index (κ1) is 18.3. The maximum atomic E-state index is 12.8. The Balaban J connectivity index is 1.94. The Kier molecular flexibility index (Phi) is 4.98. The first-order valence-corrected chi connectivity index (χ1v) is 8.41. The Bertz CT molecular complexity index is 970. The van der Waals surface area contributed by atoms with Crippen LogP contribution in [0.2, 0.25) is 0 Å². The van der Waals surface area contributed by atoms with Crippen LogP contribution < -0.4 is 0 Å². The van der Waals surface area contributed by atoms with E-state index in [1.165, 1.54) is 24.0 Å². The first-order valence-electron chi connectivity index (χ1n) is 8.41. The molecule has 3 rings (SSSR count). The molecule has 1 saturated heterocycles. The standard InChI is InChI=1S/C21H18N2O4/c1-14-3-5-17(6-4-14)12-20-21(25)18(13-22(20)15(2)24)11-16-7-9-19(10-8-16)23(26)27/h3-12H,13H2,1-2H3/b18-11+,20-12-. The number of nitrogens with zero attached hydrogens (tertiary/aromatic N) is 2. The van der Waals surface area contributed by atoms with Crippen molar-refractivity contribution in [3.63, 3.8) is 0 Å². The summed E-state index contributed by atoms with van der Waals surface area (Å²) in [5, 5.41) is 10.7. The summed E-state index contributed by atoms with van der Waals surface area (Å²) in [6.07, 6.45) is 3.37. The van der Waals surface area contributed by atoms with Gasteiger partial charge in [-0.3, -0.25) is 19.7 Å². The molecule has 6 heteroatoms. The normalized spacial score (nSPS) is 17.0. The average Bonchev–Trinajstić information content (AvgIpc) is 2.94. The third-order valence-electron chi connectivity index (χ3n) is 4.35. The molecule has 2 aromatic carbocycles. The van der Waals surface area contributed by atoms with Crippen molar-refractivity contribution >= 4 is 29.5 Å². The number of non-ortho nitro benzene ring substituents is 1. The fraction of sp³-hybridized carbons (Fsp3) is 0.143. The molecule has 1 aliphatic rings. The Morgan fingerprint density at radius 2 is 1.59 bits per heavy atom. The zero-order valence-corrected chi connectivity index (χ0v) is 15.0. The molecule has 0 atom stereocenters. The van der Waals surface area contributed by atoms with Crippen molar-refractivity contribution in [1.82, 2.24) is 4.90 Å². The second-order valence-corrected chi connectivity index (χ2v) is 6.39. The van der Waals surface area contributed by atoms with E-state index in [0.29, 0.717) is 16.8 Å². The highest BCUT2D eigenvalue weighted by atomic mass is 16.6. The molecule has 0 aliphatic carbocycles. The fourth-order valence-electron chi connectivity index (χ4n) is 2.86. The maximum absolute atomic E-state index is 12.8. The van der Waals surface area contributed by atoms with Gasteiger partial charge in [-0.05, 0) is 42.3 Å². The number of ketones is 1. The smallest absolute Gasteiger partial charge is 0.269 e. The van der Waals surface area contributed by atoms with Crippen LogP contribution in [-0.2, 0) is 9.59 Å². The zero-order valence-electron chi connectivity index (χ0n) is 15.0. The number of benzene rings is 2. The van der Waals surface area contributed by atoms with Crippen LogP contribution >= 0.6 is 0 Å². The summed E-state index contributed by atoms with van der Waals surface area (Å²) in [7, 11) is 0. The summed E-state index contributed by atoms with van der Waals surface area (Å²) >= 11 is 0. The number of Topliss-reactive ketones (excluding diaryl/α,β-unsaturated/α-hetero) is 1. The van der Waals surface area contributed by atoms with Crippen LogP contribution in [0.5, 0.6) is 0 Å². The molecule has 1 fully saturated rings. The number of carbonyl (C=O) groups is 2. The number of likely N-dealkylation sites (tertiary alicyclic amines) is 1. The SMILES string of the molecule is CC(=O)N1C/C(=C\c2ccc([N+](=O)[O-])cc2)C(=O)/C1=C/c1ccc(C)cc1. The number of allylic oxidation sites excluding steroid dienone is 1. The van der Waals surface area contributed by atoms with Crippen molar-refractivity contribution in [3.05, 3.63) is 86.6 Å². The van der Waals surface area contributed by atoms with Gasteiger partial charge in [-0.15, -0.1) is 0 Å². The highest BCUT2D eigenvalue weighted by Gasteiger charge is 2.32. The summed E-state index contributed by atoms with van der Waals surface area (Å²) in [4.78, 5) is 36.5. The van der Waals surface area contributed by atoms with E-state index in [0.717, 1.165) is 11.1 Å². The number of nitro groups is 1. The van der Waals surface area contributed by atoms with Gasteiger partial charge in [-0.2, -0.15) is 0 Å². The lowest BCUT2D eigenvalue weighted by atomic mass is 10.1. The van der Waals surface area contributed by atoms with E-state index in [4.69, 9.17) is 0 Å². The van der Waals surface area contributed by atoms with Crippen molar-refractivity contribution in [2.24, 2.45) is 0 Å². The molecule has 27 heavy (non-hydrogen) atoms. The van der Waals surface area contributed by atoms with Gasteiger partial charge in [0.05, 0.1) is 17.2 Å². The second-order valence-electron chi connectivity index (χ2n) is 6.39. The lowest BCUT2D eigenvalue weighted by Gasteiger charge is -2.13.